The maximum atomic E-state index is 6.03. The average molecular weight is 299 g/mol. The molecule has 3 aromatic rings. The van der Waals surface area contributed by atoms with Crippen LogP contribution in [0.15, 0.2) is 48.5 Å². The lowest BCUT2D eigenvalue weighted by Crippen LogP contribution is -2.19. The average Bonchev–Trinajstić information content (AvgIpc) is 2.46. The van der Waals surface area contributed by atoms with Crippen molar-refractivity contribution in [1.82, 2.24) is 9.97 Å². The zero-order chi connectivity index (χ0) is 14.8. The number of nitrogens with zero attached hydrogens (tertiary/aromatic N) is 3. The maximum Gasteiger partial charge on any atom is 0.172 e. The zero-order valence-corrected chi connectivity index (χ0v) is 12.4. The van der Waals surface area contributed by atoms with E-state index in [-0.39, 0.29) is 0 Å². The van der Waals surface area contributed by atoms with Gasteiger partial charge in [0.25, 0.3) is 0 Å². The van der Waals surface area contributed by atoms with Crippen LogP contribution in [-0.4, -0.2) is 17.0 Å². The Kier molecular flexibility index (Phi) is 3.62. The van der Waals surface area contributed by atoms with Gasteiger partial charge in [0, 0.05) is 18.6 Å². The molecule has 0 bridgehead atoms. The van der Waals surface area contributed by atoms with Gasteiger partial charge in [-0.2, -0.15) is 0 Å². The van der Waals surface area contributed by atoms with E-state index in [1.165, 1.54) is 0 Å². The van der Waals surface area contributed by atoms with Crippen molar-refractivity contribution in [2.75, 3.05) is 17.7 Å². The van der Waals surface area contributed by atoms with Gasteiger partial charge >= 0.3 is 0 Å². The highest BCUT2D eigenvalue weighted by atomic mass is 35.5. The Bertz CT molecular complexity index is 788. The normalized spacial score (nSPS) is 10.8. The lowest BCUT2D eigenvalue weighted by molar-refractivity contribution is 0.900. The minimum Gasteiger partial charge on any atom is -0.381 e. The molecule has 0 spiro atoms. The summed E-state index contributed by atoms with van der Waals surface area (Å²) in [6, 6.07) is 15.4. The van der Waals surface area contributed by atoms with Crippen molar-refractivity contribution in [1.29, 1.82) is 0 Å². The monoisotopic (exact) mass is 298 g/mol. The number of benzene rings is 2. The minimum atomic E-state index is 0.429. The summed E-state index contributed by atoms with van der Waals surface area (Å²) < 4.78 is 0. The van der Waals surface area contributed by atoms with Gasteiger partial charge in [-0.25, -0.2) is 9.97 Å². The number of anilines is 2. The largest absolute Gasteiger partial charge is 0.381 e. The number of nitrogens with two attached hydrogens (primary N) is 1. The van der Waals surface area contributed by atoms with Crippen LogP contribution in [-0.2, 0) is 6.54 Å². The molecule has 0 fully saturated rings. The predicted molar refractivity (Wildman–Crippen MR) is 87.5 cm³/mol. The third-order valence-electron chi connectivity index (χ3n) is 3.25. The van der Waals surface area contributed by atoms with E-state index in [0.29, 0.717) is 18.2 Å². The molecule has 3 rings (SSSR count). The molecule has 0 saturated heterocycles. The van der Waals surface area contributed by atoms with Crippen LogP contribution in [0.5, 0.6) is 0 Å². The molecule has 5 heteroatoms. The Morgan fingerprint density at radius 2 is 1.76 bits per heavy atom. The first kappa shape index (κ1) is 13.6. The van der Waals surface area contributed by atoms with Crippen LogP contribution in [0.2, 0.25) is 5.02 Å². The third-order valence-corrected chi connectivity index (χ3v) is 3.48. The summed E-state index contributed by atoms with van der Waals surface area (Å²) in [6.45, 7) is 0.664. The Morgan fingerprint density at radius 1 is 1.05 bits per heavy atom. The molecule has 2 N–H and O–H groups in total. The Hall–Kier alpha value is -2.33. The lowest BCUT2D eigenvalue weighted by atomic mass is 10.2. The molecule has 1 aromatic heterocycles. The molecule has 0 amide bonds. The highest BCUT2D eigenvalue weighted by Crippen LogP contribution is 2.23. The van der Waals surface area contributed by atoms with Crippen LogP contribution in [0.25, 0.3) is 11.0 Å². The van der Waals surface area contributed by atoms with Gasteiger partial charge in [-0.1, -0.05) is 35.9 Å². The third kappa shape index (κ3) is 2.90. The van der Waals surface area contributed by atoms with E-state index in [1.807, 2.05) is 60.5 Å². The standard InChI is InChI=1S/C16H15ClN4/c1-21(10-11-5-4-6-12(17)9-11)16-15(18)19-13-7-2-3-8-14(13)20-16/h2-9H,10H2,1H3,(H2,18,19). The molecule has 106 valence electrons. The number of halogens is 1. The topological polar surface area (TPSA) is 55.0 Å². The summed E-state index contributed by atoms with van der Waals surface area (Å²) in [6.07, 6.45) is 0. The summed E-state index contributed by atoms with van der Waals surface area (Å²) in [4.78, 5) is 11.0. The van der Waals surface area contributed by atoms with Crippen LogP contribution >= 0.6 is 11.6 Å². The fourth-order valence-electron chi connectivity index (χ4n) is 2.27. The van der Waals surface area contributed by atoms with E-state index in [9.17, 15) is 0 Å². The van der Waals surface area contributed by atoms with Crippen molar-refractivity contribution in [3.8, 4) is 0 Å². The van der Waals surface area contributed by atoms with Crippen molar-refractivity contribution in [3.63, 3.8) is 0 Å². The molecule has 0 atom stereocenters. The molecule has 1 heterocycles. The zero-order valence-electron chi connectivity index (χ0n) is 11.6. The number of aromatic nitrogens is 2. The molecular formula is C16H15ClN4. The number of rotatable bonds is 3. The molecule has 2 aromatic carbocycles. The Balaban J connectivity index is 1.93. The highest BCUT2D eigenvalue weighted by Gasteiger charge is 2.11. The van der Waals surface area contributed by atoms with E-state index in [4.69, 9.17) is 17.3 Å². The summed E-state index contributed by atoms with van der Waals surface area (Å²) >= 11 is 6.01. The van der Waals surface area contributed by atoms with Gasteiger partial charge in [0.05, 0.1) is 11.0 Å². The molecule has 0 saturated carbocycles. The van der Waals surface area contributed by atoms with Gasteiger partial charge in [-0.15, -0.1) is 0 Å². The van der Waals surface area contributed by atoms with Gasteiger partial charge in [0.15, 0.2) is 11.6 Å². The van der Waals surface area contributed by atoms with Crippen molar-refractivity contribution in [2.45, 2.75) is 6.54 Å². The van der Waals surface area contributed by atoms with Gasteiger partial charge in [0.1, 0.15) is 0 Å². The second kappa shape index (κ2) is 5.58. The van der Waals surface area contributed by atoms with E-state index in [2.05, 4.69) is 9.97 Å². The number of hydrogen-bond acceptors (Lipinski definition) is 4. The van der Waals surface area contributed by atoms with E-state index >= 15 is 0 Å². The van der Waals surface area contributed by atoms with Crippen molar-refractivity contribution >= 4 is 34.3 Å². The fraction of sp³-hybridized carbons (Fsp3) is 0.125. The van der Waals surface area contributed by atoms with Crippen LogP contribution < -0.4 is 10.6 Å². The van der Waals surface area contributed by atoms with Gasteiger partial charge < -0.3 is 10.6 Å². The van der Waals surface area contributed by atoms with Crippen LogP contribution in [0, 0.1) is 0 Å². The highest BCUT2D eigenvalue weighted by molar-refractivity contribution is 6.30. The molecule has 4 nitrogen and oxygen atoms in total. The van der Waals surface area contributed by atoms with Gasteiger partial charge in [0.2, 0.25) is 0 Å². The number of nitrogen functional groups attached to an aromatic ring is 1. The van der Waals surface area contributed by atoms with E-state index < -0.39 is 0 Å². The summed E-state index contributed by atoms with van der Waals surface area (Å²) in [7, 11) is 1.94. The molecule has 0 aliphatic heterocycles. The molecule has 0 aliphatic carbocycles. The number of fused-ring (bicyclic) bond motifs is 1. The fourth-order valence-corrected chi connectivity index (χ4v) is 2.48. The van der Waals surface area contributed by atoms with Crippen molar-refractivity contribution in [2.24, 2.45) is 0 Å². The summed E-state index contributed by atoms with van der Waals surface area (Å²) in [5.41, 5.74) is 8.76. The van der Waals surface area contributed by atoms with Crippen molar-refractivity contribution in [3.05, 3.63) is 59.1 Å². The predicted octanol–water partition coefficient (Wildman–Crippen LogP) is 3.50. The quantitative estimate of drug-likeness (QED) is 0.804. The summed E-state index contributed by atoms with van der Waals surface area (Å²) in [5.74, 6) is 1.10. The van der Waals surface area contributed by atoms with Gasteiger partial charge in [-0.05, 0) is 29.8 Å². The SMILES string of the molecule is CN(Cc1cccc(Cl)c1)c1nc2ccccc2nc1N. The van der Waals surface area contributed by atoms with E-state index in [0.717, 1.165) is 21.6 Å². The smallest absolute Gasteiger partial charge is 0.172 e. The molecular weight excluding hydrogens is 284 g/mol. The van der Waals surface area contributed by atoms with E-state index in [1.54, 1.807) is 0 Å². The minimum absolute atomic E-state index is 0.429. The lowest BCUT2D eigenvalue weighted by Gasteiger charge is -2.20. The molecule has 0 aliphatic rings. The maximum absolute atomic E-state index is 6.03. The Morgan fingerprint density at radius 3 is 2.48 bits per heavy atom. The van der Waals surface area contributed by atoms with Gasteiger partial charge in [-0.3, -0.25) is 0 Å². The number of hydrogen-bond donors (Lipinski definition) is 1. The first-order valence-corrected chi connectivity index (χ1v) is 6.99. The van der Waals surface area contributed by atoms with Crippen LogP contribution in [0.4, 0.5) is 11.6 Å². The summed E-state index contributed by atoms with van der Waals surface area (Å²) in [5, 5.41) is 0.721. The first-order chi connectivity index (χ1) is 10.1. The molecule has 0 radical (unpaired) electrons. The Labute approximate surface area is 128 Å². The van der Waals surface area contributed by atoms with Crippen LogP contribution in [0.1, 0.15) is 5.56 Å². The second-order valence-corrected chi connectivity index (χ2v) is 5.34. The molecule has 0 unspecified atom stereocenters. The van der Waals surface area contributed by atoms with Crippen molar-refractivity contribution < 1.29 is 0 Å². The first-order valence-electron chi connectivity index (χ1n) is 6.61. The molecule has 21 heavy (non-hydrogen) atoms. The number of para-hydroxylation sites is 2. The second-order valence-electron chi connectivity index (χ2n) is 4.91. The van der Waals surface area contributed by atoms with Crippen LogP contribution in [0.3, 0.4) is 0 Å².